The van der Waals surface area contributed by atoms with Gasteiger partial charge >= 0.3 is 0 Å². The van der Waals surface area contributed by atoms with Crippen molar-refractivity contribution in [1.82, 2.24) is 9.78 Å². The van der Waals surface area contributed by atoms with Gasteiger partial charge in [-0.05, 0) is 31.2 Å². The summed E-state index contributed by atoms with van der Waals surface area (Å²) in [4.78, 5) is 25.0. The van der Waals surface area contributed by atoms with Crippen molar-refractivity contribution in [1.29, 1.82) is 0 Å². The van der Waals surface area contributed by atoms with Crippen molar-refractivity contribution >= 4 is 34.9 Å². The lowest BCUT2D eigenvalue weighted by molar-refractivity contribution is -0.125. The van der Waals surface area contributed by atoms with Crippen LogP contribution in [0.2, 0.25) is 5.02 Å². The number of hydrogen-bond acceptors (Lipinski definition) is 3. The van der Waals surface area contributed by atoms with Crippen LogP contribution in [0.5, 0.6) is 0 Å². The maximum Gasteiger partial charge on any atom is 0.249 e. The Bertz CT molecular complexity index is 1150. The molecule has 1 atom stereocenters. The molecule has 0 bridgehead atoms. The lowest BCUT2D eigenvalue weighted by Crippen LogP contribution is -2.36. The molecule has 0 fully saturated rings. The third kappa shape index (κ3) is 3.58. The van der Waals surface area contributed by atoms with Crippen molar-refractivity contribution in [3.05, 3.63) is 64.7 Å². The second-order valence-electron chi connectivity index (χ2n) is 6.66. The van der Waals surface area contributed by atoms with E-state index in [1.165, 1.54) is 10.7 Å². The Morgan fingerprint density at radius 1 is 1.24 bits per heavy atom. The number of aromatic nitrogens is 2. The van der Waals surface area contributed by atoms with Crippen LogP contribution < -0.4 is 10.6 Å². The number of fused-ring (bicyclic) bond motifs is 1. The highest BCUT2D eigenvalue weighted by Crippen LogP contribution is 2.35. The first-order chi connectivity index (χ1) is 13.8. The van der Waals surface area contributed by atoms with Crippen molar-refractivity contribution in [3.63, 3.8) is 0 Å². The molecule has 1 aromatic heterocycles. The molecule has 3 aromatic rings. The number of rotatable bonds is 3. The predicted octanol–water partition coefficient (Wildman–Crippen LogP) is 4.31. The van der Waals surface area contributed by atoms with Gasteiger partial charge in [-0.1, -0.05) is 23.7 Å². The molecule has 148 valence electrons. The molecule has 1 unspecified atom stereocenters. The summed E-state index contributed by atoms with van der Waals surface area (Å²) in [6, 6.07) is 9.16. The molecule has 0 aliphatic carbocycles. The fourth-order valence-corrected chi connectivity index (χ4v) is 3.44. The largest absolute Gasteiger partial charge is 0.324 e. The molecule has 1 aliphatic rings. The normalized spacial score (nSPS) is 15.6. The summed E-state index contributed by atoms with van der Waals surface area (Å²) in [6.07, 6.45) is -0.140. The summed E-state index contributed by atoms with van der Waals surface area (Å²) < 4.78 is 28.0. The van der Waals surface area contributed by atoms with E-state index in [0.29, 0.717) is 22.1 Å². The molecule has 9 heteroatoms. The van der Waals surface area contributed by atoms with Crippen LogP contribution in [0.4, 0.5) is 20.3 Å². The maximum absolute atomic E-state index is 13.4. The van der Waals surface area contributed by atoms with E-state index in [-0.39, 0.29) is 18.0 Å². The average Bonchev–Trinajstić information content (AvgIpc) is 3.01. The molecule has 0 radical (unpaired) electrons. The lowest BCUT2D eigenvalue weighted by Gasteiger charge is -2.24. The summed E-state index contributed by atoms with van der Waals surface area (Å²) in [6.45, 7) is 1.78. The first-order valence-electron chi connectivity index (χ1n) is 8.74. The molecule has 4 rings (SSSR count). The van der Waals surface area contributed by atoms with Gasteiger partial charge in [0.25, 0.3) is 0 Å². The Kier molecular flexibility index (Phi) is 4.79. The SMILES string of the molecule is Cc1c(-c2cccc(Cl)c2)nn2c1NC(=O)CC2C(=O)Nc1ccc(F)c(F)c1. The van der Waals surface area contributed by atoms with E-state index in [1.54, 1.807) is 25.1 Å². The third-order valence-corrected chi connectivity index (χ3v) is 4.90. The summed E-state index contributed by atoms with van der Waals surface area (Å²) >= 11 is 6.06. The Hall–Kier alpha value is -3.26. The molecule has 2 heterocycles. The highest BCUT2D eigenvalue weighted by atomic mass is 35.5. The van der Waals surface area contributed by atoms with Gasteiger partial charge in [0, 0.05) is 27.9 Å². The minimum Gasteiger partial charge on any atom is -0.324 e. The zero-order chi connectivity index (χ0) is 20.7. The highest BCUT2D eigenvalue weighted by molar-refractivity contribution is 6.30. The zero-order valence-corrected chi connectivity index (χ0v) is 15.9. The van der Waals surface area contributed by atoms with Crippen LogP contribution in [0.15, 0.2) is 42.5 Å². The van der Waals surface area contributed by atoms with Crippen molar-refractivity contribution < 1.29 is 18.4 Å². The first kappa shape index (κ1) is 19.1. The molecule has 1 aliphatic heterocycles. The first-order valence-corrected chi connectivity index (χ1v) is 9.12. The van der Waals surface area contributed by atoms with Gasteiger partial charge in [0.2, 0.25) is 11.8 Å². The third-order valence-electron chi connectivity index (χ3n) is 4.67. The summed E-state index contributed by atoms with van der Waals surface area (Å²) in [7, 11) is 0. The van der Waals surface area contributed by atoms with Crippen LogP contribution in [-0.4, -0.2) is 21.6 Å². The number of benzene rings is 2. The van der Waals surface area contributed by atoms with E-state index < -0.39 is 23.6 Å². The summed E-state index contributed by atoms with van der Waals surface area (Å²) in [5, 5.41) is 10.3. The minimum absolute atomic E-state index is 0.0837. The van der Waals surface area contributed by atoms with Crippen LogP contribution in [0.1, 0.15) is 18.0 Å². The fourth-order valence-electron chi connectivity index (χ4n) is 3.25. The van der Waals surface area contributed by atoms with Gasteiger partial charge in [0.15, 0.2) is 11.6 Å². The quantitative estimate of drug-likeness (QED) is 0.668. The van der Waals surface area contributed by atoms with Gasteiger partial charge in [-0.25, -0.2) is 13.5 Å². The number of anilines is 2. The van der Waals surface area contributed by atoms with E-state index in [2.05, 4.69) is 15.7 Å². The molecule has 29 heavy (non-hydrogen) atoms. The van der Waals surface area contributed by atoms with Gasteiger partial charge < -0.3 is 10.6 Å². The van der Waals surface area contributed by atoms with Crippen molar-refractivity contribution in [3.8, 4) is 11.3 Å². The van der Waals surface area contributed by atoms with Gasteiger partial charge in [-0.3, -0.25) is 9.59 Å². The van der Waals surface area contributed by atoms with Crippen molar-refractivity contribution in [2.24, 2.45) is 0 Å². The molecule has 0 spiro atoms. The number of nitrogens with one attached hydrogen (secondary N) is 2. The number of amides is 2. The molecule has 2 aromatic carbocycles. The Morgan fingerprint density at radius 3 is 2.76 bits per heavy atom. The molecule has 2 N–H and O–H groups in total. The average molecular weight is 417 g/mol. The predicted molar refractivity (Wildman–Crippen MR) is 105 cm³/mol. The second-order valence-corrected chi connectivity index (χ2v) is 7.10. The minimum atomic E-state index is -1.08. The Balaban J connectivity index is 1.70. The molecule has 2 amide bonds. The maximum atomic E-state index is 13.4. The zero-order valence-electron chi connectivity index (χ0n) is 15.2. The molecule has 0 saturated heterocycles. The van der Waals surface area contributed by atoms with Crippen molar-refractivity contribution in [2.75, 3.05) is 10.6 Å². The number of halogens is 3. The van der Waals surface area contributed by atoms with Crippen LogP contribution in [0, 0.1) is 18.6 Å². The number of hydrogen-bond donors (Lipinski definition) is 2. The van der Waals surface area contributed by atoms with Crippen molar-refractivity contribution in [2.45, 2.75) is 19.4 Å². The van der Waals surface area contributed by atoms with Crippen LogP contribution in [0.3, 0.4) is 0 Å². The van der Waals surface area contributed by atoms with E-state index in [1.807, 2.05) is 6.07 Å². The standard InChI is InChI=1S/C20H15ClF2N4O2/c1-10-18(11-3-2-4-12(21)7-11)26-27-16(9-17(28)25-19(10)27)20(29)24-13-5-6-14(22)15(23)8-13/h2-8,16H,9H2,1H3,(H,24,29)(H,25,28). The molecular formula is C20H15ClF2N4O2. The van der Waals surface area contributed by atoms with Crippen LogP contribution in [0.25, 0.3) is 11.3 Å². The van der Waals surface area contributed by atoms with Gasteiger partial charge in [0.1, 0.15) is 11.9 Å². The van der Waals surface area contributed by atoms with Gasteiger partial charge in [-0.2, -0.15) is 5.10 Å². The summed E-state index contributed by atoms with van der Waals surface area (Å²) in [5.74, 6) is -2.60. The van der Waals surface area contributed by atoms with Crippen LogP contribution >= 0.6 is 11.6 Å². The fraction of sp³-hybridized carbons (Fsp3) is 0.150. The van der Waals surface area contributed by atoms with E-state index in [9.17, 15) is 18.4 Å². The topological polar surface area (TPSA) is 76.0 Å². The second kappa shape index (κ2) is 7.29. The van der Waals surface area contributed by atoms with Gasteiger partial charge in [-0.15, -0.1) is 0 Å². The van der Waals surface area contributed by atoms with E-state index >= 15 is 0 Å². The smallest absolute Gasteiger partial charge is 0.249 e. The molecular weight excluding hydrogens is 402 g/mol. The Labute approximate surface area is 169 Å². The Morgan fingerprint density at radius 2 is 2.03 bits per heavy atom. The number of carbonyl (C=O) groups excluding carboxylic acids is 2. The van der Waals surface area contributed by atoms with E-state index in [0.717, 1.165) is 17.7 Å². The highest BCUT2D eigenvalue weighted by Gasteiger charge is 2.34. The van der Waals surface area contributed by atoms with Gasteiger partial charge in [0.05, 0.1) is 12.1 Å². The summed E-state index contributed by atoms with van der Waals surface area (Å²) in [5.41, 5.74) is 2.09. The molecule has 6 nitrogen and oxygen atoms in total. The van der Waals surface area contributed by atoms with E-state index in [4.69, 9.17) is 11.6 Å². The number of carbonyl (C=O) groups is 2. The number of nitrogens with zero attached hydrogens (tertiary/aromatic N) is 2. The molecule has 0 saturated carbocycles. The lowest BCUT2D eigenvalue weighted by atomic mass is 10.1. The monoisotopic (exact) mass is 416 g/mol. The van der Waals surface area contributed by atoms with Crippen LogP contribution in [-0.2, 0) is 9.59 Å².